The van der Waals surface area contributed by atoms with Gasteiger partial charge in [-0.15, -0.1) is 0 Å². The Balaban J connectivity index is 1.48. The minimum Gasteiger partial charge on any atom is -0.384 e. The van der Waals surface area contributed by atoms with Gasteiger partial charge >= 0.3 is 0 Å². The Morgan fingerprint density at radius 2 is 0.967 bits per heavy atom. The first-order valence-electron chi connectivity index (χ1n) is 9.53. The maximum Gasteiger partial charge on any atom is 0.122 e. The van der Waals surface area contributed by atoms with Crippen molar-refractivity contribution in [3.05, 3.63) is 83.9 Å². The van der Waals surface area contributed by atoms with E-state index in [0.29, 0.717) is 11.1 Å². The summed E-state index contributed by atoms with van der Waals surface area (Å²) >= 11 is 0. The first-order chi connectivity index (χ1) is 14.5. The van der Waals surface area contributed by atoms with Crippen LogP contribution in [-0.2, 0) is 0 Å². The second-order valence-corrected chi connectivity index (χ2v) is 7.37. The lowest BCUT2D eigenvalue weighted by molar-refractivity contribution is 1.41. The Morgan fingerprint density at radius 3 is 1.33 bits per heavy atom. The van der Waals surface area contributed by atoms with Crippen molar-refractivity contribution in [2.45, 2.75) is 0 Å². The van der Waals surface area contributed by atoms with Crippen molar-refractivity contribution in [3.63, 3.8) is 0 Å². The highest BCUT2D eigenvalue weighted by atomic mass is 14.7. The fourth-order valence-electron chi connectivity index (χ4n) is 3.73. The number of nitrogens with one attached hydrogen (secondary N) is 4. The van der Waals surface area contributed by atoms with Gasteiger partial charge in [-0.3, -0.25) is 10.8 Å². The zero-order valence-corrected chi connectivity index (χ0v) is 16.1. The van der Waals surface area contributed by atoms with Crippen LogP contribution in [0.2, 0.25) is 0 Å². The van der Waals surface area contributed by atoms with Crippen LogP contribution >= 0.6 is 0 Å². The number of aromatic amines is 2. The van der Waals surface area contributed by atoms with Crippen LogP contribution < -0.4 is 11.5 Å². The van der Waals surface area contributed by atoms with E-state index in [1.54, 1.807) is 0 Å². The van der Waals surface area contributed by atoms with Crippen LogP contribution in [0.5, 0.6) is 0 Å². The predicted octanol–water partition coefficient (Wildman–Crippen LogP) is 4.55. The molecule has 3 aromatic carbocycles. The number of amidine groups is 2. The van der Waals surface area contributed by atoms with Gasteiger partial charge in [-0.25, -0.2) is 0 Å². The molecule has 0 bridgehead atoms. The number of nitrogens with two attached hydrogens (primary N) is 2. The molecule has 6 heteroatoms. The quantitative estimate of drug-likeness (QED) is 0.198. The molecule has 0 amide bonds. The molecule has 0 radical (unpaired) electrons. The Kier molecular flexibility index (Phi) is 3.93. The van der Waals surface area contributed by atoms with Crippen molar-refractivity contribution in [1.82, 2.24) is 9.97 Å². The number of fused-ring (bicyclic) bond motifs is 2. The molecule has 146 valence electrons. The number of hydrogen-bond acceptors (Lipinski definition) is 2. The lowest BCUT2D eigenvalue weighted by Crippen LogP contribution is -2.10. The van der Waals surface area contributed by atoms with Crippen molar-refractivity contribution in [1.29, 1.82) is 10.8 Å². The maximum absolute atomic E-state index is 7.60. The number of benzene rings is 3. The first-order valence-corrected chi connectivity index (χ1v) is 9.53. The third-order valence-corrected chi connectivity index (χ3v) is 5.37. The number of H-pyrrole nitrogens is 2. The Bertz CT molecular complexity index is 1330. The minimum atomic E-state index is 0.0613. The van der Waals surface area contributed by atoms with Gasteiger partial charge in [0.1, 0.15) is 11.7 Å². The summed E-state index contributed by atoms with van der Waals surface area (Å²) in [6, 6.07) is 24.0. The Hall–Kier alpha value is -4.32. The van der Waals surface area contributed by atoms with Crippen molar-refractivity contribution in [2.24, 2.45) is 11.5 Å². The molecule has 0 saturated carbocycles. The average Bonchev–Trinajstić information content (AvgIpc) is 3.36. The highest BCUT2D eigenvalue weighted by Gasteiger charge is 2.08. The molecule has 0 spiro atoms. The molecule has 0 aliphatic carbocycles. The topological polar surface area (TPSA) is 131 Å². The molecule has 5 rings (SSSR count). The third kappa shape index (κ3) is 3.00. The van der Waals surface area contributed by atoms with Crippen molar-refractivity contribution in [2.75, 3.05) is 0 Å². The highest BCUT2D eigenvalue weighted by molar-refractivity contribution is 6.00. The lowest BCUT2D eigenvalue weighted by Gasteiger charge is -2.01. The lowest BCUT2D eigenvalue weighted by atomic mass is 10.1. The van der Waals surface area contributed by atoms with Gasteiger partial charge in [-0.2, -0.15) is 0 Å². The molecule has 2 aromatic heterocycles. The number of rotatable bonds is 4. The van der Waals surface area contributed by atoms with Crippen molar-refractivity contribution < 1.29 is 0 Å². The molecule has 6 nitrogen and oxygen atoms in total. The summed E-state index contributed by atoms with van der Waals surface area (Å²) in [7, 11) is 0. The summed E-state index contributed by atoms with van der Waals surface area (Å²) in [6.07, 6.45) is 0. The van der Waals surface area contributed by atoms with Crippen LogP contribution in [0.4, 0.5) is 0 Å². The molecule has 0 fully saturated rings. The molecule has 0 unspecified atom stereocenters. The molecule has 0 atom stereocenters. The van der Waals surface area contributed by atoms with E-state index in [1.165, 1.54) is 0 Å². The van der Waals surface area contributed by atoms with Gasteiger partial charge < -0.3 is 21.4 Å². The molecule has 5 aromatic rings. The molecular weight excluding hydrogens is 372 g/mol. The summed E-state index contributed by atoms with van der Waals surface area (Å²) < 4.78 is 0. The summed E-state index contributed by atoms with van der Waals surface area (Å²) in [6.45, 7) is 0. The molecule has 30 heavy (non-hydrogen) atoms. The van der Waals surface area contributed by atoms with Crippen molar-refractivity contribution >= 4 is 33.5 Å². The van der Waals surface area contributed by atoms with Crippen LogP contribution in [0, 0.1) is 10.8 Å². The maximum atomic E-state index is 7.60. The van der Waals surface area contributed by atoms with E-state index >= 15 is 0 Å². The number of hydrogen-bond donors (Lipinski definition) is 6. The molecule has 0 saturated heterocycles. The first kappa shape index (κ1) is 17.8. The van der Waals surface area contributed by atoms with Gasteiger partial charge in [0.15, 0.2) is 0 Å². The van der Waals surface area contributed by atoms with E-state index in [-0.39, 0.29) is 11.7 Å². The zero-order chi connectivity index (χ0) is 20.8. The smallest absolute Gasteiger partial charge is 0.122 e. The molecular formula is C24H20N6. The van der Waals surface area contributed by atoms with Gasteiger partial charge in [0, 0.05) is 44.3 Å². The van der Waals surface area contributed by atoms with E-state index in [9.17, 15) is 0 Å². The Labute approximate surface area is 172 Å². The SMILES string of the molecule is N=C(N)c1ccc2cc(-c3ccc(-c4cc5ccc(C(=N)N)cc5[nH]4)cc3)[nH]c2c1. The van der Waals surface area contributed by atoms with Gasteiger partial charge in [0.2, 0.25) is 0 Å². The third-order valence-electron chi connectivity index (χ3n) is 5.37. The van der Waals surface area contributed by atoms with E-state index in [1.807, 2.05) is 36.4 Å². The summed E-state index contributed by atoms with van der Waals surface area (Å²) in [5.74, 6) is 0.123. The fourth-order valence-corrected chi connectivity index (χ4v) is 3.73. The van der Waals surface area contributed by atoms with Gasteiger partial charge in [0.25, 0.3) is 0 Å². The van der Waals surface area contributed by atoms with E-state index in [2.05, 4.69) is 46.4 Å². The number of aromatic nitrogens is 2. The summed E-state index contributed by atoms with van der Waals surface area (Å²) in [4.78, 5) is 6.83. The predicted molar refractivity (Wildman–Crippen MR) is 123 cm³/mol. The van der Waals surface area contributed by atoms with E-state index < -0.39 is 0 Å². The van der Waals surface area contributed by atoms with E-state index in [0.717, 1.165) is 44.3 Å². The van der Waals surface area contributed by atoms with Gasteiger partial charge in [0.05, 0.1) is 0 Å². The highest BCUT2D eigenvalue weighted by Crippen LogP contribution is 2.29. The standard InChI is InChI=1S/C24H20N6/c25-23(26)17-7-5-15-9-19(29-21(15)11-17)13-1-2-14(4-3-13)20-10-16-6-8-18(24(27)28)12-22(16)30-20/h1-12,29-30H,(H3,25,26)(H3,27,28). The van der Waals surface area contributed by atoms with Crippen LogP contribution in [0.3, 0.4) is 0 Å². The average molecular weight is 392 g/mol. The normalized spacial score (nSPS) is 11.2. The van der Waals surface area contributed by atoms with Crippen molar-refractivity contribution in [3.8, 4) is 22.5 Å². The molecule has 8 N–H and O–H groups in total. The number of nitrogen functional groups attached to an aromatic ring is 2. The molecule has 0 aliphatic heterocycles. The zero-order valence-electron chi connectivity index (χ0n) is 16.1. The summed E-state index contributed by atoms with van der Waals surface area (Å²) in [5, 5.41) is 17.4. The summed E-state index contributed by atoms with van der Waals surface area (Å²) in [5.41, 5.74) is 18.7. The Morgan fingerprint density at radius 1 is 0.567 bits per heavy atom. The van der Waals surface area contributed by atoms with Crippen LogP contribution in [0.25, 0.3) is 44.3 Å². The monoisotopic (exact) mass is 392 g/mol. The van der Waals surface area contributed by atoms with Crippen LogP contribution in [0.15, 0.2) is 72.8 Å². The largest absolute Gasteiger partial charge is 0.384 e. The molecule has 0 aliphatic rings. The second-order valence-electron chi connectivity index (χ2n) is 7.37. The van der Waals surface area contributed by atoms with Crippen LogP contribution in [-0.4, -0.2) is 21.6 Å². The second kappa shape index (κ2) is 6.63. The van der Waals surface area contributed by atoms with Gasteiger partial charge in [-0.05, 0) is 35.4 Å². The van der Waals surface area contributed by atoms with Crippen LogP contribution in [0.1, 0.15) is 11.1 Å². The van der Waals surface area contributed by atoms with E-state index in [4.69, 9.17) is 22.3 Å². The minimum absolute atomic E-state index is 0.0613. The molecule has 2 heterocycles. The van der Waals surface area contributed by atoms with Gasteiger partial charge in [-0.1, -0.05) is 48.5 Å². The fraction of sp³-hybridized carbons (Fsp3) is 0.